The average Bonchev–Trinajstić information content (AvgIpc) is 2.97. The molecule has 3 heteroatoms. The van der Waals surface area contributed by atoms with Crippen LogP contribution in [0.3, 0.4) is 0 Å². The first-order valence-electron chi connectivity index (χ1n) is 8.38. The molecule has 1 saturated heterocycles. The number of Topliss-reactive ketones (excluding diaryl/α,β-unsaturated/α-hetero) is 1. The van der Waals surface area contributed by atoms with Gasteiger partial charge in [0.15, 0.2) is 5.78 Å². The van der Waals surface area contributed by atoms with E-state index in [1.807, 2.05) is 12.1 Å². The number of aryl methyl sites for hydroxylation is 1. The lowest BCUT2D eigenvalue weighted by atomic mass is 9.84. The quantitative estimate of drug-likeness (QED) is 0.849. The summed E-state index contributed by atoms with van der Waals surface area (Å²) in [6.07, 6.45) is 8.23. The molecule has 0 aromatic heterocycles. The summed E-state index contributed by atoms with van der Waals surface area (Å²) in [5.41, 5.74) is 1.99. The number of ether oxygens (including phenoxy) is 1. The fraction of sp³-hybridized carbons (Fsp3) is 0.611. The molecule has 2 aliphatic heterocycles. The van der Waals surface area contributed by atoms with Gasteiger partial charge in [0.1, 0.15) is 5.75 Å². The number of hydrogen-bond donors (Lipinski definition) is 1. The topological polar surface area (TPSA) is 38.3 Å². The molecule has 1 saturated carbocycles. The predicted octanol–water partition coefficient (Wildman–Crippen LogP) is 3.12. The number of carbonyl (C=O) groups is 1. The molecule has 0 bridgehead atoms. The maximum absolute atomic E-state index is 12.9. The Balaban J connectivity index is 1.58. The van der Waals surface area contributed by atoms with Crippen LogP contribution in [0.15, 0.2) is 18.2 Å². The molecule has 1 aromatic rings. The van der Waals surface area contributed by atoms with E-state index >= 15 is 0 Å². The van der Waals surface area contributed by atoms with Crippen molar-refractivity contribution >= 4 is 5.78 Å². The van der Waals surface area contributed by atoms with Crippen molar-refractivity contribution in [2.45, 2.75) is 57.0 Å². The van der Waals surface area contributed by atoms with Crippen molar-refractivity contribution in [3.63, 3.8) is 0 Å². The van der Waals surface area contributed by atoms with E-state index in [2.05, 4.69) is 11.4 Å². The first kappa shape index (κ1) is 13.3. The van der Waals surface area contributed by atoms with Gasteiger partial charge in [0.25, 0.3) is 0 Å². The van der Waals surface area contributed by atoms with Crippen LogP contribution >= 0.6 is 0 Å². The smallest absolute Gasteiger partial charge is 0.183 e. The molecular weight excluding hydrogens is 262 g/mol. The van der Waals surface area contributed by atoms with Crippen LogP contribution in [-0.4, -0.2) is 24.5 Å². The number of benzene rings is 1. The van der Waals surface area contributed by atoms with Crippen molar-refractivity contribution in [1.29, 1.82) is 0 Å². The molecule has 3 atom stereocenters. The highest BCUT2D eigenvalue weighted by molar-refractivity contribution is 6.03. The Labute approximate surface area is 126 Å². The summed E-state index contributed by atoms with van der Waals surface area (Å²) in [4.78, 5) is 12.9. The molecular formula is C18H23NO2. The number of hydrogen-bond acceptors (Lipinski definition) is 3. The van der Waals surface area contributed by atoms with Crippen LogP contribution in [0.25, 0.3) is 0 Å². The lowest BCUT2D eigenvalue weighted by molar-refractivity contribution is 0.0944. The zero-order valence-corrected chi connectivity index (χ0v) is 12.4. The fourth-order valence-electron chi connectivity index (χ4n) is 4.29. The highest BCUT2D eigenvalue weighted by Gasteiger charge is 2.39. The van der Waals surface area contributed by atoms with E-state index < -0.39 is 0 Å². The summed E-state index contributed by atoms with van der Waals surface area (Å²) in [6, 6.07) is 6.59. The zero-order chi connectivity index (χ0) is 14.2. The molecule has 0 spiro atoms. The first-order chi connectivity index (χ1) is 10.3. The second-order valence-corrected chi connectivity index (χ2v) is 6.72. The van der Waals surface area contributed by atoms with Crippen LogP contribution in [0.1, 0.15) is 54.4 Å². The number of carbonyl (C=O) groups excluding carboxylic acids is 1. The summed E-state index contributed by atoms with van der Waals surface area (Å²) in [5.74, 6) is 1.79. The Kier molecular flexibility index (Phi) is 3.46. The monoisotopic (exact) mass is 285 g/mol. The van der Waals surface area contributed by atoms with E-state index in [9.17, 15) is 4.79 Å². The van der Waals surface area contributed by atoms with Gasteiger partial charge >= 0.3 is 0 Å². The number of nitrogens with one attached hydrogen (secondary N) is 1. The Morgan fingerprint density at radius 1 is 1.19 bits per heavy atom. The molecule has 2 heterocycles. The third kappa shape index (κ3) is 2.38. The standard InChI is InChI=1S/C18H23NO2/c20-17(16-11-13-5-1-2-9-15(13)19-16)14-8-3-6-12-7-4-10-21-18(12)14/h3,6,8,13,15-16,19H,1-2,4-5,7,9-11H2. The van der Waals surface area contributed by atoms with Gasteiger partial charge in [-0.2, -0.15) is 0 Å². The molecule has 1 aromatic carbocycles. The highest BCUT2D eigenvalue weighted by atomic mass is 16.5. The molecule has 112 valence electrons. The predicted molar refractivity (Wildman–Crippen MR) is 81.9 cm³/mol. The van der Waals surface area contributed by atoms with Gasteiger partial charge in [-0.3, -0.25) is 4.79 Å². The summed E-state index contributed by atoms with van der Waals surface area (Å²) in [6.45, 7) is 0.737. The van der Waals surface area contributed by atoms with Crippen LogP contribution < -0.4 is 10.1 Å². The molecule has 1 aliphatic carbocycles. The average molecular weight is 285 g/mol. The lowest BCUT2D eigenvalue weighted by Gasteiger charge is -2.24. The Bertz CT molecular complexity index is 540. The van der Waals surface area contributed by atoms with E-state index in [1.54, 1.807) is 0 Å². The molecule has 0 amide bonds. The van der Waals surface area contributed by atoms with Crippen LogP contribution in [0.5, 0.6) is 5.75 Å². The number of fused-ring (bicyclic) bond motifs is 2. The highest BCUT2D eigenvalue weighted by Crippen LogP contribution is 2.36. The SMILES string of the molecule is O=C(c1cccc2c1OCCC2)C1CC2CCCCC2N1. The summed E-state index contributed by atoms with van der Waals surface area (Å²) in [5, 5.41) is 3.59. The molecule has 21 heavy (non-hydrogen) atoms. The molecule has 2 fully saturated rings. The van der Waals surface area contributed by atoms with Gasteiger partial charge in [-0.1, -0.05) is 25.0 Å². The number of rotatable bonds is 2. The van der Waals surface area contributed by atoms with Crippen molar-refractivity contribution in [1.82, 2.24) is 5.32 Å². The first-order valence-corrected chi connectivity index (χ1v) is 8.38. The maximum atomic E-state index is 12.9. The van der Waals surface area contributed by atoms with E-state index in [0.29, 0.717) is 12.0 Å². The van der Waals surface area contributed by atoms with Crippen molar-refractivity contribution < 1.29 is 9.53 Å². The molecule has 3 aliphatic rings. The van der Waals surface area contributed by atoms with E-state index in [4.69, 9.17) is 4.74 Å². The summed E-state index contributed by atoms with van der Waals surface area (Å²) >= 11 is 0. The fourth-order valence-corrected chi connectivity index (χ4v) is 4.29. The number of ketones is 1. The van der Waals surface area contributed by atoms with Gasteiger partial charge < -0.3 is 10.1 Å². The summed E-state index contributed by atoms with van der Waals surface area (Å²) < 4.78 is 5.81. The zero-order valence-electron chi connectivity index (χ0n) is 12.4. The minimum Gasteiger partial charge on any atom is -0.493 e. The van der Waals surface area contributed by atoms with Crippen LogP contribution in [-0.2, 0) is 6.42 Å². The third-order valence-corrected chi connectivity index (χ3v) is 5.38. The summed E-state index contributed by atoms with van der Waals surface area (Å²) in [7, 11) is 0. The second kappa shape index (κ2) is 5.45. The van der Waals surface area contributed by atoms with Crippen molar-refractivity contribution in [3.05, 3.63) is 29.3 Å². The molecule has 3 nitrogen and oxygen atoms in total. The van der Waals surface area contributed by atoms with Gasteiger partial charge in [-0.05, 0) is 49.7 Å². The molecule has 4 rings (SSSR count). The van der Waals surface area contributed by atoms with Gasteiger partial charge in [0.2, 0.25) is 0 Å². The Morgan fingerprint density at radius 2 is 2.10 bits per heavy atom. The molecule has 0 radical (unpaired) electrons. The van der Waals surface area contributed by atoms with Gasteiger partial charge in [0.05, 0.1) is 18.2 Å². The van der Waals surface area contributed by atoms with Crippen molar-refractivity contribution in [3.8, 4) is 5.75 Å². The van der Waals surface area contributed by atoms with Crippen molar-refractivity contribution in [2.75, 3.05) is 6.61 Å². The van der Waals surface area contributed by atoms with Crippen LogP contribution in [0, 0.1) is 5.92 Å². The second-order valence-electron chi connectivity index (χ2n) is 6.72. The molecule has 1 N–H and O–H groups in total. The van der Waals surface area contributed by atoms with Gasteiger partial charge in [-0.15, -0.1) is 0 Å². The maximum Gasteiger partial charge on any atom is 0.183 e. The van der Waals surface area contributed by atoms with Crippen LogP contribution in [0.4, 0.5) is 0 Å². The van der Waals surface area contributed by atoms with E-state index in [0.717, 1.165) is 37.2 Å². The molecule has 3 unspecified atom stereocenters. The van der Waals surface area contributed by atoms with E-state index in [-0.39, 0.29) is 11.8 Å². The van der Waals surface area contributed by atoms with Gasteiger partial charge in [-0.25, -0.2) is 0 Å². The Morgan fingerprint density at radius 3 is 3.00 bits per heavy atom. The Hall–Kier alpha value is -1.35. The van der Waals surface area contributed by atoms with E-state index in [1.165, 1.54) is 31.2 Å². The largest absolute Gasteiger partial charge is 0.493 e. The normalized spacial score (nSPS) is 31.1. The van der Waals surface area contributed by atoms with Crippen LogP contribution in [0.2, 0.25) is 0 Å². The minimum atomic E-state index is -0.00451. The third-order valence-electron chi connectivity index (χ3n) is 5.38. The minimum absolute atomic E-state index is 0.00451. The lowest BCUT2D eigenvalue weighted by Crippen LogP contribution is -2.37. The van der Waals surface area contributed by atoms with Crippen molar-refractivity contribution in [2.24, 2.45) is 5.92 Å². The van der Waals surface area contributed by atoms with Gasteiger partial charge in [0, 0.05) is 6.04 Å². The number of para-hydroxylation sites is 1.